The van der Waals surface area contributed by atoms with Crippen LogP contribution in [-0.2, 0) is 0 Å². The number of rotatable bonds is 4. The molecule has 0 radical (unpaired) electrons. The summed E-state index contributed by atoms with van der Waals surface area (Å²) in [4.78, 5) is 4.48. The zero-order valence-corrected chi connectivity index (χ0v) is 32.5. The number of para-hydroxylation sites is 2. The molecule has 0 atom stereocenters. The second kappa shape index (κ2) is 12.4. The van der Waals surface area contributed by atoms with E-state index in [1.54, 1.807) is 0 Å². The molecule has 13 rings (SSSR count). The minimum atomic E-state index is 0.414. The highest BCUT2D eigenvalue weighted by Crippen LogP contribution is 2.54. The van der Waals surface area contributed by atoms with Gasteiger partial charge in [0.25, 0.3) is 0 Å². The van der Waals surface area contributed by atoms with Crippen molar-refractivity contribution in [3.05, 3.63) is 199 Å². The summed E-state index contributed by atoms with van der Waals surface area (Å²) in [5.74, 6) is 0. The van der Waals surface area contributed by atoms with E-state index in [1.165, 1.54) is 10.8 Å². The zero-order valence-electron chi connectivity index (χ0n) is 32.5. The lowest BCUT2D eigenvalue weighted by atomic mass is 9.88. The highest BCUT2D eigenvalue weighted by molar-refractivity contribution is 6.35. The van der Waals surface area contributed by atoms with E-state index in [0.29, 0.717) is 22.5 Å². The summed E-state index contributed by atoms with van der Waals surface area (Å²) in [6, 6.07) is 65.5. The summed E-state index contributed by atoms with van der Waals surface area (Å²) in [7, 11) is 0. The van der Waals surface area contributed by atoms with Gasteiger partial charge < -0.3 is 13.6 Å². The molecule has 0 spiro atoms. The Morgan fingerprint density at radius 3 is 1.57 bits per heavy atom. The molecular formula is C56H30N4O. The molecule has 0 N–H and O–H groups in total. The Morgan fingerprint density at radius 2 is 0.934 bits per heavy atom. The lowest BCUT2D eigenvalue weighted by Crippen LogP contribution is -2.08. The van der Waals surface area contributed by atoms with Crippen molar-refractivity contribution in [2.75, 3.05) is 0 Å². The maximum absolute atomic E-state index is 11.7. The van der Waals surface area contributed by atoms with Crippen molar-refractivity contribution < 1.29 is 4.42 Å². The molecule has 0 fully saturated rings. The Balaban J connectivity index is 1.31. The van der Waals surface area contributed by atoms with Crippen LogP contribution in [0.4, 0.5) is 5.69 Å². The standard InChI is InChI=1S/C56H30N4O/c1-58-53-48(33-16-4-2-5-17-33)42(32-57)54(59-43-26-12-10-23-41(43)52-46(59)31-30-40-37-22-11-13-29-47(37)61-56(40)52)49(34-18-6-3-7-19-34)55(53)60-44-27-14-24-38-35-20-8-9-21-36(35)39-25-15-28-45(60)51(39)50(38)44/h2-31H. The monoisotopic (exact) mass is 774 g/mol. The number of aromatic nitrogens is 2. The van der Waals surface area contributed by atoms with Crippen molar-refractivity contribution in [1.29, 1.82) is 5.26 Å². The summed E-state index contributed by atoms with van der Waals surface area (Å²) in [6.07, 6.45) is 0. The first-order valence-electron chi connectivity index (χ1n) is 20.4. The largest absolute Gasteiger partial charge is 0.455 e. The third-order valence-electron chi connectivity index (χ3n) is 12.7. The number of furan rings is 1. The molecule has 0 bridgehead atoms. The summed E-state index contributed by atoms with van der Waals surface area (Å²) in [5.41, 5.74) is 10.8. The number of hydrogen-bond donors (Lipinski definition) is 0. The van der Waals surface area contributed by atoms with Crippen LogP contribution in [0.5, 0.6) is 0 Å². The fourth-order valence-corrected chi connectivity index (χ4v) is 10.4. The topological polar surface area (TPSA) is 51.1 Å². The van der Waals surface area contributed by atoms with Crippen molar-refractivity contribution in [2.24, 2.45) is 0 Å². The molecule has 0 aliphatic rings. The maximum Gasteiger partial charge on any atom is 0.220 e. The summed E-state index contributed by atoms with van der Waals surface area (Å²) in [5, 5.41) is 22.8. The van der Waals surface area contributed by atoms with E-state index in [-0.39, 0.29) is 0 Å². The van der Waals surface area contributed by atoms with E-state index < -0.39 is 0 Å². The lowest BCUT2D eigenvalue weighted by Gasteiger charge is -2.25. The molecule has 61 heavy (non-hydrogen) atoms. The van der Waals surface area contributed by atoms with Gasteiger partial charge in [-0.1, -0.05) is 146 Å². The average Bonchev–Trinajstić information content (AvgIpc) is 3.99. The van der Waals surface area contributed by atoms with Gasteiger partial charge in [-0.3, -0.25) is 0 Å². The number of nitrogens with zero attached hydrogens (tertiary/aromatic N) is 4. The van der Waals surface area contributed by atoms with Gasteiger partial charge in [-0.05, 0) is 69.1 Å². The van der Waals surface area contributed by atoms with E-state index >= 15 is 0 Å². The Bertz CT molecular complexity index is 3970. The quantitative estimate of drug-likeness (QED) is 0.132. The van der Waals surface area contributed by atoms with Gasteiger partial charge in [-0.2, -0.15) is 5.26 Å². The number of nitriles is 1. The van der Waals surface area contributed by atoms with E-state index in [0.717, 1.165) is 98.7 Å². The molecule has 13 aromatic rings. The number of benzene rings is 10. The molecule has 0 unspecified atom stereocenters. The molecule has 0 saturated heterocycles. The van der Waals surface area contributed by atoms with Gasteiger partial charge in [0.1, 0.15) is 17.2 Å². The molecule has 10 aromatic carbocycles. The minimum absolute atomic E-state index is 0.414. The predicted octanol–water partition coefficient (Wildman–Crippen LogP) is 15.3. The molecule has 5 heteroatoms. The van der Waals surface area contributed by atoms with Crippen LogP contribution in [0.25, 0.3) is 126 Å². The first kappa shape index (κ1) is 33.3. The third kappa shape index (κ3) is 4.36. The Hall–Kier alpha value is -8.64. The Morgan fingerprint density at radius 1 is 0.426 bits per heavy atom. The predicted molar refractivity (Wildman–Crippen MR) is 250 cm³/mol. The molecule has 3 aromatic heterocycles. The van der Waals surface area contributed by atoms with E-state index in [1.807, 2.05) is 66.7 Å². The van der Waals surface area contributed by atoms with Gasteiger partial charge in [0.15, 0.2) is 0 Å². The van der Waals surface area contributed by atoms with Gasteiger partial charge in [-0.15, -0.1) is 0 Å². The van der Waals surface area contributed by atoms with Crippen LogP contribution >= 0.6 is 0 Å². The normalized spacial score (nSPS) is 11.9. The fraction of sp³-hybridized carbons (Fsp3) is 0. The SMILES string of the molecule is [C-]#[N+]c1c(-c2ccccc2)c(C#N)c(-n2c3ccccc3c3c4oc5ccccc5c4ccc32)c(-c2ccccc2)c1-n1c2cccc3c4ccccc4c4cccc1c4c32. The molecule has 0 amide bonds. The number of hydrogen-bond acceptors (Lipinski definition) is 2. The van der Waals surface area contributed by atoms with Crippen molar-refractivity contribution in [1.82, 2.24) is 9.13 Å². The van der Waals surface area contributed by atoms with Crippen molar-refractivity contribution >= 4 is 92.8 Å². The van der Waals surface area contributed by atoms with Gasteiger partial charge >= 0.3 is 0 Å². The molecule has 5 nitrogen and oxygen atoms in total. The molecular weight excluding hydrogens is 745 g/mol. The smallest absolute Gasteiger partial charge is 0.220 e. The van der Waals surface area contributed by atoms with E-state index in [2.05, 4.69) is 135 Å². The molecule has 0 aliphatic heterocycles. The van der Waals surface area contributed by atoms with Crippen molar-refractivity contribution in [2.45, 2.75) is 0 Å². The van der Waals surface area contributed by atoms with Gasteiger partial charge in [0.05, 0.1) is 51.0 Å². The fourth-order valence-electron chi connectivity index (χ4n) is 10.4. The second-order valence-corrected chi connectivity index (χ2v) is 15.7. The lowest BCUT2D eigenvalue weighted by molar-refractivity contribution is 0.673. The summed E-state index contributed by atoms with van der Waals surface area (Å²) >= 11 is 0. The Kier molecular flexibility index (Phi) is 6.80. The number of fused-ring (bicyclic) bond motifs is 10. The first-order valence-corrected chi connectivity index (χ1v) is 20.4. The van der Waals surface area contributed by atoms with Crippen molar-refractivity contribution in [3.8, 4) is 39.7 Å². The molecule has 280 valence electrons. The maximum atomic E-state index is 11.7. The van der Waals surface area contributed by atoms with Crippen LogP contribution in [0.3, 0.4) is 0 Å². The van der Waals surface area contributed by atoms with E-state index in [4.69, 9.17) is 11.0 Å². The van der Waals surface area contributed by atoms with Crippen molar-refractivity contribution in [3.63, 3.8) is 0 Å². The zero-order chi connectivity index (χ0) is 40.3. The van der Waals surface area contributed by atoms with Crippen LogP contribution in [0.2, 0.25) is 0 Å². The van der Waals surface area contributed by atoms with Crippen LogP contribution in [0.15, 0.2) is 186 Å². The van der Waals surface area contributed by atoms with Crippen LogP contribution in [-0.4, -0.2) is 9.13 Å². The Labute approximate surface area is 348 Å². The van der Waals surface area contributed by atoms with Gasteiger partial charge in [0, 0.05) is 38.1 Å². The van der Waals surface area contributed by atoms with Crippen LogP contribution in [0, 0.1) is 17.9 Å². The summed E-state index contributed by atoms with van der Waals surface area (Å²) < 4.78 is 11.3. The first-order chi connectivity index (χ1) is 30.2. The summed E-state index contributed by atoms with van der Waals surface area (Å²) in [6.45, 7) is 9.16. The molecule has 0 saturated carbocycles. The van der Waals surface area contributed by atoms with Gasteiger partial charge in [0.2, 0.25) is 5.69 Å². The minimum Gasteiger partial charge on any atom is -0.455 e. The molecule has 0 aliphatic carbocycles. The molecule has 3 heterocycles. The second-order valence-electron chi connectivity index (χ2n) is 15.7. The highest BCUT2D eigenvalue weighted by atomic mass is 16.3. The highest BCUT2D eigenvalue weighted by Gasteiger charge is 2.32. The van der Waals surface area contributed by atoms with Crippen LogP contribution < -0.4 is 0 Å². The van der Waals surface area contributed by atoms with Gasteiger partial charge in [-0.25, -0.2) is 4.85 Å². The third-order valence-corrected chi connectivity index (χ3v) is 12.7. The van der Waals surface area contributed by atoms with Crippen LogP contribution in [0.1, 0.15) is 5.56 Å². The van der Waals surface area contributed by atoms with E-state index in [9.17, 15) is 5.26 Å². The average molecular weight is 775 g/mol.